The lowest BCUT2D eigenvalue weighted by molar-refractivity contribution is 0.629. The maximum Gasteiger partial charge on any atom is 0.160 e. The van der Waals surface area contributed by atoms with E-state index in [9.17, 15) is 4.39 Å². The molecule has 0 amide bonds. The Hall–Kier alpha value is -1.83. The van der Waals surface area contributed by atoms with E-state index in [4.69, 9.17) is 28.5 Å². The summed E-state index contributed by atoms with van der Waals surface area (Å²) < 4.78 is 13.2. The van der Waals surface area contributed by atoms with Crippen molar-refractivity contribution in [2.75, 3.05) is 5.32 Å². The lowest BCUT2D eigenvalue weighted by atomic mass is 10.3. The van der Waals surface area contributed by atoms with Crippen molar-refractivity contribution in [3.63, 3.8) is 0 Å². The molecule has 1 heterocycles. The molecule has 0 fully saturated rings. The summed E-state index contributed by atoms with van der Waals surface area (Å²) in [4.78, 5) is 3.89. The van der Waals surface area contributed by atoms with Crippen LogP contribution in [0.4, 0.5) is 15.8 Å². The molecule has 0 atom stereocenters. The van der Waals surface area contributed by atoms with E-state index in [0.29, 0.717) is 17.1 Å². The molecule has 0 aliphatic carbocycles. The highest BCUT2D eigenvalue weighted by molar-refractivity contribution is 6.35. The highest BCUT2D eigenvalue weighted by Crippen LogP contribution is 2.28. The summed E-state index contributed by atoms with van der Waals surface area (Å²) in [7, 11) is 0. The first kappa shape index (κ1) is 12.6. The van der Waals surface area contributed by atoms with E-state index in [1.807, 2.05) is 6.07 Å². The smallest absolute Gasteiger partial charge is 0.160 e. The summed E-state index contributed by atoms with van der Waals surface area (Å²) in [5.41, 5.74) is 1.50. The SMILES string of the molecule is N#Cc1ccc(Nc2cc(Cl)c(F)c(Cl)c2)cn1. The zero-order chi connectivity index (χ0) is 13.1. The quantitative estimate of drug-likeness (QED) is 0.842. The van der Waals surface area contributed by atoms with Crippen molar-refractivity contribution in [1.82, 2.24) is 4.98 Å². The summed E-state index contributed by atoms with van der Waals surface area (Å²) in [5.74, 6) is -0.651. The standard InChI is InChI=1S/C12H6Cl2FN3/c13-10-3-9(4-11(14)12(10)15)18-8-2-1-7(5-16)17-6-8/h1-4,6,18H. The lowest BCUT2D eigenvalue weighted by Crippen LogP contribution is -1.93. The minimum atomic E-state index is -0.651. The number of nitrogens with one attached hydrogen (secondary N) is 1. The number of rotatable bonds is 2. The van der Waals surface area contributed by atoms with Gasteiger partial charge in [-0.15, -0.1) is 0 Å². The Balaban J connectivity index is 2.26. The first-order chi connectivity index (χ1) is 8.60. The molecule has 0 radical (unpaired) electrons. The number of benzene rings is 1. The molecule has 6 heteroatoms. The fourth-order valence-corrected chi connectivity index (χ4v) is 1.82. The first-order valence-corrected chi connectivity index (χ1v) is 5.63. The maximum absolute atomic E-state index is 13.2. The predicted octanol–water partition coefficient (Wildman–Crippen LogP) is 4.14. The zero-order valence-electron chi connectivity index (χ0n) is 8.92. The van der Waals surface area contributed by atoms with Gasteiger partial charge < -0.3 is 5.32 Å². The molecule has 3 nitrogen and oxygen atoms in total. The van der Waals surface area contributed by atoms with Crippen LogP contribution in [0.15, 0.2) is 30.5 Å². The van der Waals surface area contributed by atoms with Crippen molar-refractivity contribution in [3.05, 3.63) is 52.0 Å². The molecule has 0 aliphatic heterocycles. The fraction of sp³-hybridized carbons (Fsp3) is 0. The largest absolute Gasteiger partial charge is 0.354 e. The number of pyridine rings is 1. The Morgan fingerprint density at radius 2 is 1.83 bits per heavy atom. The molecule has 0 spiro atoms. The van der Waals surface area contributed by atoms with Gasteiger partial charge in [0.25, 0.3) is 0 Å². The molecule has 0 unspecified atom stereocenters. The summed E-state index contributed by atoms with van der Waals surface area (Å²) in [5, 5.41) is 11.4. The van der Waals surface area contributed by atoms with Gasteiger partial charge in [-0.1, -0.05) is 23.2 Å². The van der Waals surface area contributed by atoms with Crippen LogP contribution in [-0.4, -0.2) is 4.98 Å². The summed E-state index contributed by atoms with van der Waals surface area (Å²) in [6.45, 7) is 0. The van der Waals surface area contributed by atoms with Crippen molar-refractivity contribution >= 4 is 34.6 Å². The third-order valence-electron chi connectivity index (χ3n) is 2.15. The molecular formula is C12H6Cl2FN3. The van der Waals surface area contributed by atoms with Gasteiger partial charge >= 0.3 is 0 Å². The van der Waals surface area contributed by atoms with Gasteiger partial charge in [-0.2, -0.15) is 5.26 Å². The van der Waals surface area contributed by atoms with Crippen LogP contribution < -0.4 is 5.32 Å². The molecule has 0 aliphatic rings. The average molecular weight is 282 g/mol. The molecule has 90 valence electrons. The van der Waals surface area contributed by atoms with Gasteiger partial charge in [0.2, 0.25) is 0 Å². The van der Waals surface area contributed by atoms with E-state index in [1.54, 1.807) is 12.1 Å². The van der Waals surface area contributed by atoms with Crippen LogP contribution >= 0.6 is 23.2 Å². The Morgan fingerprint density at radius 3 is 2.33 bits per heavy atom. The number of hydrogen-bond acceptors (Lipinski definition) is 3. The third kappa shape index (κ3) is 2.70. The van der Waals surface area contributed by atoms with E-state index >= 15 is 0 Å². The van der Waals surface area contributed by atoms with Crippen LogP contribution in [0.5, 0.6) is 0 Å². The lowest BCUT2D eigenvalue weighted by Gasteiger charge is -2.07. The Kier molecular flexibility index (Phi) is 3.66. The minimum Gasteiger partial charge on any atom is -0.354 e. The minimum absolute atomic E-state index is 0.0633. The van der Waals surface area contributed by atoms with Crippen LogP contribution in [0, 0.1) is 17.1 Å². The van der Waals surface area contributed by atoms with Gasteiger partial charge in [0.15, 0.2) is 5.82 Å². The third-order valence-corrected chi connectivity index (χ3v) is 2.70. The van der Waals surface area contributed by atoms with Gasteiger partial charge in [0.05, 0.1) is 21.9 Å². The predicted molar refractivity (Wildman–Crippen MR) is 68.7 cm³/mol. The van der Waals surface area contributed by atoms with Crippen molar-refractivity contribution in [3.8, 4) is 6.07 Å². The van der Waals surface area contributed by atoms with Crippen LogP contribution in [-0.2, 0) is 0 Å². The molecule has 2 aromatic rings. The van der Waals surface area contributed by atoms with Gasteiger partial charge in [-0.05, 0) is 24.3 Å². The van der Waals surface area contributed by atoms with Crippen molar-refractivity contribution in [1.29, 1.82) is 5.26 Å². The fourth-order valence-electron chi connectivity index (χ4n) is 1.33. The Bertz CT molecular complexity index is 597. The van der Waals surface area contributed by atoms with E-state index in [1.165, 1.54) is 18.3 Å². The second kappa shape index (κ2) is 5.21. The Morgan fingerprint density at radius 1 is 1.17 bits per heavy atom. The molecule has 1 N–H and O–H groups in total. The number of nitrogens with zero attached hydrogens (tertiary/aromatic N) is 2. The normalized spacial score (nSPS) is 9.89. The summed E-state index contributed by atoms with van der Waals surface area (Å²) in [6.07, 6.45) is 1.49. The number of hydrogen-bond donors (Lipinski definition) is 1. The van der Waals surface area contributed by atoms with Gasteiger partial charge in [-0.25, -0.2) is 9.37 Å². The highest BCUT2D eigenvalue weighted by atomic mass is 35.5. The van der Waals surface area contributed by atoms with Crippen LogP contribution in [0.2, 0.25) is 10.0 Å². The van der Waals surface area contributed by atoms with Crippen molar-refractivity contribution in [2.45, 2.75) is 0 Å². The van der Waals surface area contributed by atoms with Crippen LogP contribution in [0.3, 0.4) is 0 Å². The number of nitriles is 1. The maximum atomic E-state index is 13.2. The molecule has 1 aromatic heterocycles. The second-order valence-electron chi connectivity index (χ2n) is 3.42. The van der Waals surface area contributed by atoms with E-state index in [2.05, 4.69) is 10.3 Å². The summed E-state index contributed by atoms with van der Waals surface area (Å²) in [6, 6.07) is 7.99. The van der Waals surface area contributed by atoms with Gasteiger partial charge in [0.1, 0.15) is 11.8 Å². The molecule has 0 bridgehead atoms. The van der Waals surface area contributed by atoms with Crippen LogP contribution in [0.1, 0.15) is 5.69 Å². The molecule has 0 saturated carbocycles. The topological polar surface area (TPSA) is 48.7 Å². The molecule has 0 saturated heterocycles. The molecule has 18 heavy (non-hydrogen) atoms. The highest BCUT2D eigenvalue weighted by Gasteiger charge is 2.07. The molecule has 2 rings (SSSR count). The number of anilines is 2. The monoisotopic (exact) mass is 281 g/mol. The molecular weight excluding hydrogens is 276 g/mol. The van der Waals surface area contributed by atoms with Gasteiger partial charge in [-0.3, -0.25) is 0 Å². The Labute approximate surface area is 113 Å². The summed E-state index contributed by atoms with van der Waals surface area (Å²) >= 11 is 11.3. The number of halogens is 3. The zero-order valence-corrected chi connectivity index (χ0v) is 10.4. The van der Waals surface area contributed by atoms with Crippen molar-refractivity contribution in [2.24, 2.45) is 0 Å². The average Bonchev–Trinajstić information content (AvgIpc) is 2.37. The van der Waals surface area contributed by atoms with Crippen molar-refractivity contribution < 1.29 is 4.39 Å². The second-order valence-corrected chi connectivity index (χ2v) is 4.24. The first-order valence-electron chi connectivity index (χ1n) is 4.88. The number of aromatic nitrogens is 1. The van der Waals surface area contributed by atoms with E-state index in [0.717, 1.165) is 0 Å². The van der Waals surface area contributed by atoms with E-state index in [-0.39, 0.29) is 10.0 Å². The van der Waals surface area contributed by atoms with E-state index < -0.39 is 5.82 Å². The van der Waals surface area contributed by atoms with Crippen LogP contribution in [0.25, 0.3) is 0 Å². The van der Waals surface area contributed by atoms with Gasteiger partial charge in [0, 0.05) is 5.69 Å². The molecule has 1 aromatic carbocycles.